The van der Waals surface area contributed by atoms with Crippen molar-refractivity contribution >= 4 is 46.8 Å². The van der Waals surface area contributed by atoms with E-state index in [1.165, 1.54) is 17.8 Å². The highest BCUT2D eigenvalue weighted by Gasteiger charge is 2.29. The zero-order valence-corrected chi connectivity index (χ0v) is 20.9. The van der Waals surface area contributed by atoms with Gasteiger partial charge < -0.3 is 10.2 Å². The van der Waals surface area contributed by atoms with Crippen LogP contribution in [0.25, 0.3) is 0 Å². The molecule has 32 heavy (non-hydrogen) atoms. The van der Waals surface area contributed by atoms with Crippen LogP contribution < -0.4 is 5.32 Å². The van der Waals surface area contributed by atoms with Gasteiger partial charge in [0.25, 0.3) is 0 Å². The zero-order chi connectivity index (χ0) is 23.7. The molecule has 2 rings (SSSR count). The van der Waals surface area contributed by atoms with Crippen molar-refractivity contribution in [2.24, 2.45) is 0 Å². The average molecular weight is 499 g/mol. The minimum atomic E-state index is -0.625. The smallest absolute Gasteiger partial charge is 0.243 e. The molecule has 0 saturated carbocycles. The molecule has 0 bridgehead atoms. The van der Waals surface area contributed by atoms with Crippen molar-refractivity contribution in [3.63, 3.8) is 0 Å². The number of benzene rings is 2. The fraction of sp³-hybridized carbons (Fsp3) is 0.417. The van der Waals surface area contributed by atoms with E-state index in [1.54, 1.807) is 41.3 Å². The second-order valence-electron chi connectivity index (χ2n) is 7.60. The first-order valence-electron chi connectivity index (χ1n) is 10.6. The summed E-state index contributed by atoms with van der Waals surface area (Å²) < 4.78 is 13.9. The van der Waals surface area contributed by atoms with Crippen molar-refractivity contribution in [2.75, 3.05) is 5.75 Å². The molecule has 0 aliphatic carbocycles. The summed E-state index contributed by atoms with van der Waals surface area (Å²) in [4.78, 5) is 27.7. The Morgan fingerprint density at radius 1 is 1.09 bits per heavy atom. The Kier molecular flexibility index (Phi) is 10.8. The number of hydrogen-bond acceptors (Lipinski definition) is 3. The maximum absolute atomic E-state index is 13.9. The molecule has 0 spiro atoms. The predicted molar refractivity (Wildman–Crippen MR) is 132 cm³/mol. The van der Waals surface area contributed by atoms with Crippen LogP contribution in [-0.4, -0.2) is 34.6 Å². The number of thioether (sulfide) groups is 1. The minimum Gasteiger partial charge on any atom is -0.352 e. The van der Waals surface area contributed by atoms with Crippen LogP contribution in [0.5, 0.6) is 0 Å². The van der Waals surface area contributed by atoms with Crippen LogP contribution in [0.2, 0.25) is 10.0 Å². The van der Waals surface area contributed by atoms with Crippen LogP contribution in [0.1, 0.15) is 44.7 Å². The van der Waals surface area contributed by atoms with Crippen LogP contribution in [0, 0.1) is 5.82 Å². The number of nitrogens with zero attached hydrogens (tertiary/aromatic N) is 1. The molecule has 4 nitrogen and oxygen atoms in total. The molecular weight excluding hydrogens is 470 g/mol. The van der Waals surface area contributed by atoms with Gasteiger partial charge in [0, 0.05) is 18.3 Å². The van der Waals surface area contributed by atoms with E-state index in [0.717, 1.165) is 12.0 Å². The quantitative estimate of drug-likeness (QED) is 0.407. The van der Waals surface area contributed by atoms with Crippen molar-refractivity contribution in [3.8, 4) is 0 Å². The number of halogens is 3. The maximum atomic E-state index is 13.9. The summed E-state index contributed by atoms with van der Waals surface area (Å²) in [5.74, 6) is -0.171. The lowest BCUT2D eigenvalue weighted by Gasteiger charge is -2.31. The van der Waals surface area contributed by atoms with Gasteiger partial charge in [-0.15, -0.1) is 11.8 Å². The Morgan fingerprint density at radius 2 is 1.81 bits per heavy atom. The Hall–Kier alpha value is -1.76. The van der Waals surface area contributed by atoms with E-state index in [0.29, 0.717) is 27.8 Å². The SMILES string of the molecule is CC[C@H](C)NC(=O)[C@H](CC)N(Cc1ccc(Cl)c(Cl)c1)C(=O)CSCc1ccccc1F. The monoisotopic (exact) mass is 498 g/mol. The second-order valence-corrected chi connectivity index (χ2v) is 9.40. The number of carbonyl (C=O) groups excluding carboxylic acids is 2. The first-order valence-corrected chi connectivity index (χ1v) is 12.5. The number of rotatable bonds is 11. The summed E-state index contributed by atoms with van der Waals surface area (Å²) in [5, 5.41) is 3.79. The normalized spacial score (nSPS) is 12.8. The predicted octanol–water partition coefficient (Wildman–Crippen LogP) is 6.09. The molecule has 2 atom stereocenters. The fourth-order valence-electron chi connectivity index (χ4n) is 3.14. The summed E-state index contributed by atoms with van der Waals surface area (Å²) in [6, 6.07) is 11.1. The summed E-state index contributed by atoms with van der Waals surface area (Å²) in [6.45, 7) is 6.02. The lowest BCUT2D eigenvalue weighted by atomic mass is 10.1. The van der Waals surface area contributed by atoms with Gasteiger partial charge in [-0.2, -0.15) is 0 Å². The van der Waals surface area contributed by atoms with Crippen LogP contribution in [0.15, 0.2) is 42.5 Å². The number of carbonyl (C=O) groups is 2. The molecule has 2 aromatic carbocycles. The first-order chi connectivity index (χ1) is 15.3. The van der Waals surface area contributed by atoms with E-state index in [4.69, 9.17) is 23.2 Å². The van der Waals surface area contributed by atoms with Gasteiger partial charge in [-0.3, -0.25) is 9.59 Å². The van der Waals surface area contributed by atoms with E-state index in [-0.39, 0.29) is 36.0 Å². The van der Waals surface area contributed by atoms with Gasteiger partial charge in [0.15, 0.2) is 0 Å². The second kappa shape index (κ2) is 13.1. The Bertz CT molecular complexity index is 929. The summed E-state index contributed by atoms with van der Waals surface area (Å²) in [5.41, 5.74) is 1.32. The molecular formula is C24H29Cl2FN2O2S. The maximum Gasteiger partial charge on any atom is 0.243 e. The van der Waals surface area contributed by atoms with Gasteiger partial charge in [0.2, 0.25) is 11.8 Å². The average Bonchev–Trinajstić information content (AvgIpc) is 2.77. The van der Waals surface area contributed by atoms with Crippen molar-refractivity contribution < 1.29 is 14.0 Å². The Labute approximate surface area is 203 Å². The Morgan fingerprint density at radius 3 is 2.44 bits per heavy atom. The number of nitrogens with one attached hydrogen (secondary N) is 1. The van der Waals surface area contributed by atoms with E-state index in [1.807, 2.05) is 20.8 Å². The molecule has 2 amide bonds. The third-order valence-electron chi connectivity index (χ3n) is 5.16. The van der Waals surface area contributed by atoms with E-state index >= 15 is 0 Å². The van der Waals surface area contributed by atoms with Crippen LogP contribution in [0.3, 0.4) is 0 Å². The molecule has 0 saturated heterocycles. The standard InChI is InChI=1S/C24H29Cl2FN2O2S/c1-4-16(3)28-24(31)22(5-2)29(13-17-10-11-19(25)20(26)12-17)23(30)15-32-14-18-8-6-7-9-21(18)27/h6-12,16,22H,4-5,13-15H2,1-3H3,(H,28,31)/t16-,22-/m0/s1. The third-order valence-corrected chi connectivity index (χ3v) is 6.87. The highest BCUT2D eigenvalue weighted by atomic mass is 35.5. The summed E-state index contributed by atoms with van der Waals surface area (Å²) >= 11 is 13.5. The van der Waals surface area contributed by atoms with Gasteiger partial charge in [-0.05, 0) is 49.1 Å². The Balaban J connectivity index is 2.18. The molecule has 174 valence electrons. The van der Waals surface area contributed by atoms with Gasteiger partial charge in [0.1, 0.15) is 11.9 Å². The zero-order valence-electron chi connectivity index (χ0n) is 18.5. The highest BCUT2D eigenvalue weighted by Crippen LogP contribution is 2.25. The van der Waals surface area contributed by atoms with Crippen molar-refractivity contribution in [2.45, 2.75) is 58.0 Å². The van der Waals surface area contributed by atoms with Crippen molar-refractivity contribution in [1.82, 2.24) is 10.2 Å². The lowest BCUT2D eigenvalue weighted by molar-refractivity contribution is -0.139. The van der Waals surface area contributed by atoms with E-state index in [2.05, 4.69) is 5.32 Å². The van der Waals surface area contributed by atoms with Crippen LogP contribution in [-0.2, 0) is 21.9 Å². The topological polar surface area (TPSA) is 49.4 Å². The highest BCUT2D eigenvalue weighted by molar-refractivity contribution is 7.99. The molecule has 0 aromatic heterocycles. The molecule has 0 aliphatic heterocycles. The molecule has 2 aromatic rings. The molecule has 0 fully saturated rings. The molecule has 0 heterocycles. The number of hydrogen-bond donors (Lipinski definition) is 1. The summed E-state index contributed by atoms with van der Waals surface area (Å²) in [7, 11) is 0. The first kappa shape index (κ1) is 26.5. The van der Waals surface area contributed by atoms with Crippen molar-refractivity contribution in [3.05, 3.63) is 69.5 Å². The van der Waals surface area contributed by atoms with Gasteiger partial charge in [-0.1, -0.05) is 61.3 Å². The van der Waals surface area contributed by atoms with Crippen LogP contribution >= 0.6 is 35.0 Å². The number of amides is 2. The van der Waals surface area contributed by atoms with E-state index in [9.17, 15) is 14.0 Å². The summed E-state index contributed by atoms with van der Waals surface area (Å²) in [6.07, 6.45) is 1.26. The minimum absolute atomic E-state index is 0.00825. The van der Waals surface area contributed by atoms with Crippen LogP contribution in [0.4, 0.5) is 4.39 Å². The molecule has 0 aliphatic rings. The van der Waals surface area contributed by atoms with E-state index < -0.39 is 6.04 Å². The molecule has 0 radical (unpaired) electrons. The lowest BCUT2D eigenvalue weighted by Crippen LogP contribution is -2.51. The molecule has 1 N–H and O–H groups in total. The molecule has 8 heteroatoms. The van der Waals surface area contributed by atoms with Gasteiger partial charge in [0.05, 0.1) is 15.8 Å². The largest absolute Gasteiger partial charge is 0.352 e. The van der Waals surface area contributed by atoms with Crippen molar-refractivity contribution in [1.29, 1.82) is 0 Å². The third kappa shape index (κ3) is 7.68. The molecule has 0 unspecified atom stereocenters. The van der Waals surface area contributed by atoms with Gasteiger partial charge >= 0.3 is 0 Å². The fourth-order valence-corrected chi connectivity index (χ4v) is 4.36. The van der Waals surface area contributed by atoms with Gasteiger partial charge in [-0.25, -0.2) is 4.39 Å².